The molecule has 21 heavy (non-hydrogen) atoms. The molecule has 114 valence electrons. The van der Waals surface area contributed by atoms with Crippen LogP contribution in [0, 0.1) is 6.92 Å². The zero-order valence-electron chi connectivity index (χ0n) is 13.3. The van der Waals surface area contributed by atoms with Crippen molar-refractivity contribution in [3.63, 3.8) is 0 Å². The molecule has 2 rings (SSSR count). The highest BCUT2D eigenvalue weighted by Crippen LogP contribution is 2.31. The quantitative estimate of drug-likeness (QED) is 0.811. The van der Waals surface area contributed by atoms with Gasteiger partial charge < -0.3 is 10.5 Å². The molecule has 0 amide bonds. The second-order valence-electron chi connectivity index (χ2n) is 5.79. The normalized spacial score (nSPS) is 14.2. The summed E-state index contributed by atoms with van der Waals surface area (Å²) in [5.74, 6) is 1.40. The summed E-state index contributed by atoms with van der Waals surface area (Å²) in [7, 11) is 0. The highest BCUT2D eigenvalue weighted by atomic mass is 32.1. The maximum Gasteiger partial charge on any atom is 0.148 e. The van der Waals surface area contributed by atoms with Crippen LogP contribution in [0.1, 0.15) is 54.5 Å². The lowest BCUT2D eigenvalue weighted by Gasteiger charge is -2.24. The number of hydrogen-bond donors (Lipinski definition) is 1. The first-order chi connectivity index (χ1) is 10.0. The summed E-state index contributed by atoms with van der Waals surface area (Å²) >= 11 is 1.76. The molecule has 1 aromatic heterocycles. The molecule has 2 N–H and O–H groups in total. The molecule has 0 aliphatic rings. The molecule has 2 aromatic rings. The predicted octanol–water partition coefficient (Wildman–Crippen LogP) is 5.04. The molecule has 0 fully saturated rings. The minimum atomic E-state index is -0.0730. The first-order valence-corrected chi connectivity index (χ1v) is 8.41. The average molecular weight is 303 g/mol. The Hall–Kier alpha value is -1.32. The fourth-order valence-electron chi connectivity index (χ4n) is 2.27. The van der Waals surface area contributed by atoms with Crippen molar-refractivity contribution in [3.05, 3.63) is 51.7 Å². The predicted molar refractivity (Wildman–Crippen MR) is 91.2 cm³/mol. The van der Waals surface area contributed by atoms with E-state index < -0.39 is 0 Å². The summed E-state index contributed by atoms with van der Waals surface area (Å²) in [6, 6.07) is 12.6. The number of aryl methyl sites for hydroxylation is 1. The SMILES string of the molecule is CCC(N)C(Oc1cccc(C(C)C)c1)c1ccc(C)s1. The minimum Gasteiger partial charge on any atom is -0.483 e. The molecule has 0 aliphatic heterocycles. The Labute approximate surface area is 132 Å². The summed E-state index contributed by atoms with van der Waals surface area (Å²) < 4.78 is 6.24. The van der Waals surface area contributed by atoms with Crippen molar-refractivity contribution < 1.29 is 4.74 Å². The van der Waals surface area contributed by atoms with E-state index >= 15 is 0 Å². The van der Waals surface area contributed by atoms with Crippen LogP contribution in [0.3, 0.4) is 0 Å². The lowest BCUT2D eigenvalue weighted by atomic mass is 10.0. The summed E-state index contributed by atoms with van der Waals surface area (Å²) in [6.45, 7) is 8.60. The van der Waals surface area contributed by atoms with Crippen molar-refractivity contribution in [2.24, 2.45) is 5.73 Å². The maximum absolute atomic E-state index is 6.29. The molecule has 2 unspecified atom stereocenters. The third-order valence-corrected chi connectivity index (χ3v) is 4.75. The molecule has 0 saturated carbocycles. The van der Waals surface area contributed by atoms with Gasteiger partial charge >= 0.3 is 0 Å². The van der Waals surface area contributed by atoms with Crippen molar-refractivity contribution in [3.8, 4) is 5.75 Å². The van der Waals surface area contributed by atoms with Gasteiger partial charge in [-0.25, -0.2) is 0 Å². The monoisotopic (exact) mass is 303 g/mol. The smallest absolute Gasteiger partial charge is 0.148 e. The summed E-state index contributed by atoms with van der Waals surface area (Å²) in [5.41, 5.74) is 7.58. The van der Waals surface area contributed by atoms with Crippen LogP contribution in [0.25, 0.3) is 0 Å². The van der Waals surface area contributed by atoms with Gasteiger partial charge in [-0.3, -0.25) is 0 Å². The molecule has 1 aromatic carbocycles. The van der Waals surface area contributed by atoms with Crippen LogP contribution in [0.4, 0.5) is 0 Å². The highest BCUT2D eigenvalue weighted by molar-refractivity contribution is 7.12. The van der Waals surface area contributed by atoms with Crippen LogP contribution in [0.15, 0.2) is 36.4 Å². The maximum atomic E-state index is 6.29. The lowest BCUT2D eigenvalue weighted by molar-refractivity contribution is 0.174. The number of ether oxygens (including phenoxy) is 1. The summed E-state index contributed by atoms with van der Waals surface area (Å²) in [4.78, 5) is 2.50. The van der Waals surface area contributed by atoms with Gasteiger partial charge in [0, 0.05) is 15.8 Å². The Balaban J connectivity index is 2.25. The Kier molecular flexibility index (Phi) is 5.43. The second-order valence-corrected chi connectivity index (χ2v) is 7.11. The molecule has 0 spiro atoms. The van der Waals surface area contributed by atoms with E-state index in [0.717, 1.165) is 12.2 Å². The van der Waals surface area contributed by atoms with Gasteiger partial charge in [0.15, 0.2) is 0 Å². The van der Waals surface area contributed by atoms with Crippen LogP contribution >= 0.6 is 11.3 Å². The van der Waals surface area contributed by atoms with E-state index in [4.69, 9.17) is 10.5 Å². The van der Waals surface area contributed by atoms with E-state index in [0.29, 0.717) is 5.92 Å². The van der Waals surface area contributed by atoms with Crippen molar-refractivity contribution in [1.29, 1.82) is 0 Å². The van der Waals surface area contributed by atoms with Gasteiger partial charge in [0.05, 0.1) is 0 Å². The van der Waals surface area contributed by atoms with Gasteiger partial charge in [0.1, 0.15) is 11.9 Å². The molecular weight excluding hydrogens is 278 g/mol. The van der Waals surface area contributed by atoms with Gasteiger partial charge in [-0.05, 0) is 49.1 Å². The summed E-state index contributed by atoms with van der Waals surface area (Å²) in [6.07, 6.45) is 0.821. The molecule has 0 bridgehead atoms. The van der Waals surface area contributed by atoms with Crippen LogP contribution < -0.4 is 10.5 Å². The fraction of sp³-hybridized carbons (Fsp3) is 0.444. The fourth-order valence-corrected chi connectivity index (χ4v) is 3.25. The zero-order valence-corrected chi connectivity index (χ0v) is 14.1. The Bertz CT molecular complexity index is 576. The van der Waals surface area contributed by atoms with Crippen LogP contribution in [-0.4, -0.2) is 6.04 Å². The van der Waals surface area contributed by atoms with Crippen LogP contribution in [-0.2, 0) is 0 Å². The lowest BCUT2D eigenvalue weighted by Crippen LogP contribution is -2.30. The van der Waals surface area contributed by atoms with E-state index in [2.05, 4.69) is 58.0 Å². The highest BCUT2D eigenvalue weighted by Gasteiger charge is 2.22. The van der Waals surface area contributed by atoms with Gasteiger partial charge in [0.2, 0.25) is 0 Å². The Morgan fingerprint density at radius 2 is 1.95 bits per heavy atom. The van der Waals surface area contributed by atoms with Crippen molar-refractivity contribution in [2.45, 2.75) is 52.2 Å². The molecule has 2 atom stereocenters. The van der Waals surface area contributed by atoms with E-state index in [1.165, 1.54) is 15.3 Å². The third kappa shape index (κ3) is 4.08. The molecular formula is C18H25NOS. The van der Waals surface area contributed by atoms with Crippen molar-refractivity contribution in [2.75, 3.05) is 0 Å². The van der Waals surface area contributed by atoms with E-state index in [-0.39, 0.29) is 12.1 Å². The number of nitrogens with two attached hydrogens (primary N) is 1. The van der Waals surface area contributed by atoms with E-state index in [9.17, 15) is 0 Å². The zero-order chi connectivity index (χ0) is 15.4. The number of rotatable bonds is 6. The minimum absolute atomic E-state index is 0.00533. The molecule has 1 heterocycles. The molecule has 0 radical (unpaired) electrons. The van der Waals surface area contributed by atoms with Gasteiger partial charge in [-0.1, -0.05) is 32.9 Å². The van der Waals surface area contributed by atoms with Crippen molar-refractivity contribution in [1.82, 2.24) is 0 Å². The van der Waals surface area contributed by atoms with Crippen LogP contribution in [0.5, 0.6) is 5.75 Å². The number of hydrogen-bond acceptors (Lipinski definition) is 3. The molecule has 0 aliphatic carbocycles. The largest absolute Gasteiger partial charge is 0.483 e. The Morgan fingerprint density at radius 1 is 1.19 bits per heavy atom. The molecule has 3 heteroatoms. The van der Waals surface area contributed by atoms with Gasteiger partial charge in [0.25, 0.3) is 0 Å². The van der Waals surface area contributed by atoms with Gasteiger partial charge in [-0.15, -0.1) is 11.3 Å². The summed E-state index contributed by atoms with van der Waals surface area (Å²) in [5, 5.41) is 0. The van der Waals surface area contributed by atoms with E-state index in [1.807, 2.05) is 6.07 Å². The van der Waals surface area contributed by atoms with E-state index in [1.54, 1.807) is 11.3 Å². The second kappa shape index (κ2) is 7.10. The number of benzene rings is 1. The third-order valence-electron chi connectivity index (χ3n) is 3.69. The van der Waals surface area contributed by atoms with Crippen molar-refractivity contribution >= 4 is 11.3 Å². The molecule has 2 nitrogen and oxygen atoms in total. The molecule has 0 saturated heterocycles. The number of thiophene rings is 1. The topological polar surface area (TPSA) is 35.2 Å². The Morgan fingerprint density at radius 3 is 2.52 bits per heavy atom. The van der Waals surface area contributed by atoms with Gasteiger partial charge in [-0.2, -0.15) is 0 Å². The first-order valence-electron chi connectivity index (χ1n) is 7.59. The standard InChI is InChI=1S/C18H25NOS/c1-5-16(19)18(17-10-9-13(4)21-17)20-15-8-6-7-14(11-15)12(2)3/h6-12,16,18H,5,19H2,1-4H3. The first kappa shape index (κ1) is 16.1. The van der Waals surface area contributed by atoms with Crippen LogP contribution in [0.2, 0.25) is 0 Å². The average Bonchev–Trinajstić information content (AvgIpc) is 2.90.